The molecule has 0 unspecified atom stereocenters. The van der Waals surface area contributed by atoms with E-state index in [9.17, 15) is 4.79 Å². The molecule has 3 aromatic heterocycles. The van der Waals surface area contributed by atoms with Crippen LogP contribution in [-0.4, -0.2) is 10.9 Å². The standard InChI is InChI=1S/C18H18N2O2S/c1-13-8-10-23-17(13)6-7-18(21)20-12-14-4-5-15(19-11-14)16-3-2-9-22-16/h2-5,8-11H,6-7,12H2,1H3,(H,20,21). The minimum Gasteiger partial charge on any atom is -0.463 e. The van der Waals surface area contributed by atoms with Crippen LogP contribution in [0, 0.1) is 6.92 Å². The second-order valence-electron chi connectivity index (χ2n) is 5.33. The predicted octanol–water partition coefficient (Wildman–Crippen LogP) is 3.96. The Morgan fingerprint density at radius 1 is 1.30 bits per heavy atom. The van der Waals surface area contributed by atoms with E-state index in [-0.39, 0.29) is 5.91 Å². The first-order chi connectivity index (χ1) is 11.2. The molecule has 0 aromatic carbocycles. The van der Waals surface area contributed by atoms with Gasteiger partial charge >= 0.3 is 0 Å². The molecule has 3 heterocycles. The molecule has 3 rings (SSSR count). The summed E-state index contributed by atoms with van der Waals surface area (Å²) in [6.45, 7) is 2.57. The van der Waals surface area contributed by atoms with Crippen LogP contribution < -0.4 is 5.32 Å². The number of thiophene rings is 1. The van der Waals surface area contributed by atoms with Crippen molar-refractivity contribution in [1.29, 1.82) is 0 Å². The highest BCUT2D eigenvalue weighted by atomic mass is 32.1. The van der Waals surface area contributed by atoms with E-state index in [2.05, 4.69) is 28.7 Å². The van der Waals surface area contributed by atoms with Crippen LogP contribution in [0.4, 0.5) is 0 Å². The number of nitrogens with one attached hydrogen (secondary N) is 1. The van der Waals surface area contributed by atoms with Crippen molar-refractivity contribution in [3.05, 3.63) is 64.2 Å². The van der Waals surface area contributed by atoms with Crippen LogP contribution in [0.15, 0.2) is 52.6 Å². The summed E-state index contributed by atoms with van der Waals surface area (Å²) in [4.78, 5) is 17.6. The number of nitrogens with zero attached hydrogens (tertiary/aromatic N) is 1. The fourth-order valence-corrected chi connectivity index (χ4v) is 3.19. The first kappa shape index (κ1) is 15.5. The summed E-state index contributed by atoms with van der Waals surface area (Å²) in [5.74, 6) is 0.805. The number of carbonyl (C=O) groups excluding carboxylic acids is 1. The van der Waals surface area contributed by atoms with Crippen molar-refractivity contribution in [3.8, 4) is 11.5 Å². The van der Waals surface area contributed by atoms with Crippen molar-refractivity contribution >= 4 is 17.2 Å². The van der Waals surface area contributed by atoms with E-state index in [0.29, 0.717) is 13.0 Å². The van der Waals surface area contributed by atoms with Gasteiger partial charge in [-0.05, 0) is 54.1 Å². The van der Waals surface area contributed by atoms with Gasteiger partial charge in [-0.1, -0.05) is 6.07 Å². The van der Waals surface area contributed by atoms with Crippen molar-refractivity contribution in [3.63, 3.8) is 0 Å². The van der Waals surface area contributed by atoms with E-state index >= 15 is 0 Å². The molecule has 1 amide bonds. The lowest BCUT2D eigenvalue weighted by Gasteiger charge is -2.06. The lowest BCUT2D eigenvalue weighted by molar-refractivity contribution is -0.121. The normalized spacial score (nSPS) is 10.7. The molecule has 4 nitrogen and oxygen atoms in total. The maximum Gasteiger partial charge on any atom is 0.220 e. The Labute approximate surface area is 139 Å². The first-order valence-electron chi connectivity index (χ1n) is 7.51. The number of hydrogen-bond acceptors (Lipinski definition) is 4. The lowest BCUT2D eigenvalue weighted by atomic mass is 10.2. The molecule has 3 aromatic rings. The van der Waals surface area contributed by atoms with E-state index in [1.54, 1.807) is 23.8 Å². The van der Waals surface area contributed by atoms with Gasteiger partial charge in [-0.2, -0.15) is 0 Å². The molecular formula is C18H18N2O2S. The molecule has 5 heteroatoms. The quantitative estimate of drug-likeness (QED) is 0.746. The molecule has 0 spiro atoms. The molecule has 0 bridgehead atoms. The second kappa shape index (κ2) is 7.24. The van der Waals surface area contributed by atoms with Gasteiger partial charge in [0.2, 0.25) is 5.91 Å². The van der Waals surface area contributed by atoms with Gasteiger partial charge in [-0.25, -0.2) is 0 Å². The van der Waals surface area contributed by atoms with Crippen molar-refractivity contribution < 1.29 is 9.21 Å². The fourth-order valence-electron chi connectivity index (χ4n) is 2.28. The van der Waals surface area contributed by atoms with E-state index in [1.807, 2.05) is 24.3 Å². The molecule has 0 aliphatic carbocycles. The number of rotatable bonds is 6. The van der Waals surface area contributed by atoms with Gasteiger partial charge in [0, 0.05) is 24.0 Å². The molecule has 0 aliphatic rings. The molecule has 23 heavy (non-hydrogen) atoms. The van der Waals surface area contributed by atoms with Crippen LogP contribution in [-0.2, 0) is 17.8 Å². The highest BCUT2D eigenvalue weighted by Crippen LogP contribution is 2.18. The molecule has 0 saturated heterocycles. The SMILES string of the molecule is Cc1ccsc1CCC(=O)NCc1ccc(-c2ccco2)nc1. The first-order valence-corrected chi connectivity index (χ1v) is 8.39. The zero-order valence-electron chi connectivity index (χ0n) is 12.9. The largest absolute Gasteiger partial charge is 0.463 e. The third-order valence-electron chi connectivity index (χ3n) is 3.64. The lowest BCUT2D eigenvalue weighted by Crippen LogP contribution is -2.23. The minimum absolute atomic E-state index is 0.0629. The summed E-state index contributed by atoms with van der Waals surface area (Å²) in [6, 6.07) is 9.64. The highest BCUT2D eigenvalue weighted by molar-refractivity contribution is 7.10. The average molecular weight is 326 g/mol. The molecule has 0 radical (unpaired) electrons. The van der Waals surface area contributed by atoms with Gasteiger partial charge in [0.1, 0.15) is 5.69 Å². The minimum atomic E-state index is 0.0629. The average Bonchev–Trinajstić information content (AvgIpc) is 3.23. The van der Waals surface area contributed by atoms with Crippen molar-refractivity contribution in [1.82, 2.24) is 10.3 Å². The summed E-state index contributed by atoms with van der Waals surface area (Å²) in [5, 5.41) is 5.00. The molecule has 0 fully saturated rings. The van der Waals surface area contributed by atoms with Gasteiger partial charge in [-0.3, -0.25) is 9.78 Å². The number of carbonyl (C=O) groups is 1. The van der Waals surface area contributed by atoms with Crippen LogP contribution in [0.2, 0.25) is 0 Å². The maximum absolute atomic E-state index is 11.9. The van der Waals surface area contributed by atoms with Crippen LogP contribution >= 0.6 is 11.3 Å². The van der Waals surface area contributed by atoms with Gasteiger partial charge in [0.25, 0.3) is 0 Å². The van der Waals surface area contributed by atoms with Crippen LogP contribution in [0.3, 0.4) is 0 Å². The summed E-state index contributed by atoms with van der Waals surface area (Å²) in [5.41, 5.74) is 3.03. The monoisotopic (exact) mass is 326 g/mol. The number of furan rings is 1. The zero-order valence-corrected chi connectivity index (χ0v) is 13.7. The van der Waals surface area contributed by atoms with E-state index in [4.69, 9.17) is 4.42 Å². The van der Waals surface area contributed by atoms with E-state index < -0.39 is 0 Å². The number of aryl methyl sites for hydroxylation is 2. The van der Waals surface area contributed by atoms with Gasteiger partial charge < -0.3 is 9.73 Å². The number of amides is 1. The Morgan fingerprint density at radius 3 is 2.87 bits per heavy atom. The fraction of sp³-hybridized carbons (Fsp3) is 0.222. The number of aromatic nitrogens is 1. The van der Waals surface area contributed by atoms with Gasteiger partial charge in [0.15, 0.2) is 5.76 Å². The molecule has 1 N–H and O–H groups in total. The summed E-state index contributed by atoms with van der Waals surface area (Å²) >= 11 is 1.71. The molecular weight excluding hydrogens is 308 g/mol. The second-order valence-corrected chi connectivity index (χ2v) is 6.33. The highest BCUT2D eigenvalue weighted by Gasteiger charge is 2.06. The summed E-state index contributed by atoms with van der Waals surface area (Å²) < 4.78 is 5.30. The maximum atomic E-state index is 11.9. The molecule has 118 valence electrons. The summed E-state index contributed by atoms with van der Waals surface area (Å²) in [6.07, 6.45) is 4.70. The topological polar surface area (TPSA) is 55.1 Å². The van der Waals surface area contributed by atoms with Gasteiger partial charge in [0.05, 0.1) is 6.26 Å². The Bertz CT molecular complexity index is 761. The Morgan fingerprint density at radius 2 is 2.22 bits per heavy atom. The van der Waals surface area contributed by atoms with E-state index in [0.717, 1.165) is 23.4 Å². The Kier molecular flexibility index (Phi) is 4.88. The van der Waals surface area contributed by atoms with Gasteiger partial charge in [-0.15, -0.1) is 11.3 Å². The van der Waals surface area contributed by atoms with Crippen molar-refractivity contribution in [2.45, 2.75) is 26.3 Å². The number of pyridine rings is 1. The third-order valence-corrected chi connectivity index (χ3v) is 4.72. The van der Waals surface area contributed by atoms with E-state index in [1.165, 1.54) is 10.4 Å². The van der Waals surface area contributed by atoms with Crippen LogP contribution in [0.25, 0.3) is 11.5 Å². The zero-order chi connectivity index (χ0) is 16.1. The summed E-state index contributed by atoms with van der Waals surface area (Å²) in [7, 11) is 0. The predicted molar refractivity (Wildman–Crippen MR) is 91.2 cm³/mol. The molecule has 0 atom stereocenters. The Balaban J connectivity index is 1.48. The molecule has 0 aliphatic heterocycles. The van der Waals surface area contributed by atoms with Crippen molar-refractivity contribution in [2.75, 3.05) is 0 Å². The van der Waals surface area contributed by atoms with Crippen LogP contribution in [0.1, 0.15) is 22.4 Å². The Hall–Kier alpha value is -2.40. The number of hydrogen-bond donors (Lipinski definition) is 1. The smallest absolute Gasteiger partial charge is 0.220 e. The molecule has 0 saturated carbocycles. The van der Waals surface area contributed by atoms with Crippen LogP contribution in [0.5, 0.6) is 0 Å². The van der Waals surface area contributed by atoms with Crippen molar-refractivity contribution in [2.24, 2.45) is 0 Å². The third kappa shape index (κ3) is 4.07.